The second-order valence-electron chi connectivity index (χ2n) is 7.58. The van der Waals surface area contributed by atoms with Crippen molar-refractivity contribution in [2.45, 2.75) is 26.7 Å². The first kappa shape index (κ1) is 21.3. The van der Waals surface area contributed by atoms with Gasteiger partial charge < -0.3 is 9.88 Å². The number of carbonyl (C=O) groups excluding carboxylic acids is 1. The molecule has 30 heavy (non-hydrogen) atoms. The summed E-state index contributed by atoms with van der Waals surface area (Å²) in [5.41, 5.74) is 5.08. The molecule has 0 radical (unpaired) electrons. The van der Waals surface area contributed by atoms with Gasteiger partial charge in [0, 0.05) is 25.4 Å². The molecule has 0 atom stereocenters. The molecule has 2 aromatic carbocycles. The van der Waals surface area contributed by atoms with Gasteiger partial charge in [0.15, 0.2) is 5.78 Å². The Kier molecular flexibility index (Phi) is 6.68. The molecule has 0 aliphatic carbocycles. The molecule has 1 N–H and O–H groups in total. The molecule has 3 aromatic rings. The van der Waals surface area contributed by atoms with Crippen molar-refractivity contribution in [1.82, 2.24) is 4.98 Å². The number of benzene rings is 2. The molecule has 154 valence electrons. The van der Waals surface area contributed by atoms with E-state index in [1.807, 2.05) is 62.4 Å². The van der Waals surface area contributed by atoms with Gasteiger partial charge in [-0.3, -0.25) is 9.59 Å². The molecule has 0 fully saturated rings. The molecular formula is C26H28N2O2. The number of aryl methyl sites for hydroxylation is 1. The molecule has 0 aliphatic heterocycles. The van der Waals surface area contributed by atoms with Crippen LogP contribution in [0.3, 0.4) is 0 Å². The summed E-state index contributed by atoms with van der Waals surface area (Å²) < 4.78 is 0. The first-order valence-electron chi connectivity index (χ1n) is 10.2. The Bertz CT molecular complexity index is 1130. The number of nitrogens with one attached hydrogen (secondary N) is 1. The van der Waals surface area contributed by atoms with Crippen LogP contribution in [0.2, 0.25) is 0 Å². The third kappa shape index (κ3) is 4.60. The summed E-state index contributed by atoms with van der Waals surface area (Å²) in [5, 5.41) is 0. The van der Waals surface area contributed by atoms with Crippen LogP contribution in [0, 0.1) is 6.92 Å². The molecule has 0 bridgehead atoms. The molecule has 4 nitrogen and oxygen atoms in total. The van der Waals surface area contributed by atoms with Gasteiger partial charge >= 0.3 is 0 Å². The van der Waals surface area contributed by atoms with Crippen LogP contribution in [-0.4, -0.2) is 24.9 Å². The predicted molar refractivity (Wildman–Crippen MR) is 125 cm³/mol. The molecular weight excluding hydrogens is 372 g/mol. The highest BCUT2D eigenvalue weighted by Gasteiger charge is 2.23. The van der Waals surface area contributed by atoms with E-state index in [-0.39, 0.29) is 11.3 Å². The van der Waals surface area contributed by atoms with Gasteiger partial charge in [-0.25, -0.2) is 0 Å². The van der Waals surface area contributed by atoms with Gasteiger partial charge in [-0.2, -0.15) is 0 Å². The van der Waals surface area contributed by atoms with Crippen molar-refractivity contribution in [3.05, 3.63) is 105 Å². The minimum absolute atomic E-state index is 0.122. The Balaban J connectivity index is 1.97. The lowest BCUT2D eigenvalue weighted by molar-refractivity contribution is 0.103. The molecule has 0 spiro atoms. The highest BCUT2D eigenvalue weighted by Crippen LogP contribution is 2.25. The van der Waals surface area contributed by atoms with Crippen molar-refractivity contribution in [2.24, 2.45) is 0 Å². The second kappa shape index (κ2) is 9.40. The van der Waals surface area contributed by atoms with E-state index < -0.39 is 0 Å². The molecule has 3 rings (SSSR count). The van der Waals surface area contributed by atoms with Crippen molar-refractivity contribution in [1.29, 1.82) is 0 Å². The maximum atomic E-state index is 13.5. The minimum Gasteiger partial charge on any atom is -0.373 e. The summed E-state index contributed by atoms with van der Waals surface area (Å²) in [6, 6.07) is 17.8. The smallest absolute Gasteiger partial charge is 0.272 e. The van der Waals surface area contributed by atoms with Crippen molar-refractivity contribution in [3.63, 3.8) is 0 Å². The Hall–Kier alpha value is -3.40. The summed E-state index contributed by atoms with van der Waals surface area (Å²) in [4.78, 5) is 30.7. The number of hydrogen-bond acceptors (Lipinski definition) is 3. The maximum Gasteiger partial charge on any atom is 0.272 e. The first-order valence-corrected chi connectivity index (χ1v) is 10.2. The van der Waals surface area contributed by atoms with Crippen LogP contribution in [0.5, 0.6) is 0 Å². The third-order valence-electron chi connectivity index (χ3n) is 5.19. The monoisotopic (exact) mass is 400 g/mol. The largest absolute Gasteiger partial charge is 0.373 e. The standard InChI is InChI=1S/C26H28N2O2/c1-5-22-18(2)27-26(30)24(28(3)4)23(22)25(29)21-16-10-15-20(17-21)14-9-13-19-11-7-6-8-12-19/h6-12,14-17H,5,13H2,1-4H3,(H,27,30)/b14-9-. The van der Waals surface area contributed by atoms with Gasteiger partial charge in [0.1, 0.15) is 5.69 Å². The second-order valence-corrected chi connectivity index (χ2v) is 7.58. The van der Waals surface area contributed by atoms with E-state index >= 15 is 0 Å². The topological polar surface area (TPSA) is 53.2 Å². The van der Waals surface area contributed by atoms with Crippen molar-refractivity contribution < 1.29 is 4.79 Å². The fraction of sp³-hybridized carbons (Fsp3) is 0.231. The first-order chi connectivity index (χ1) is 14.4. The number of allylic oxidation sites excluding steroid dienone is 1. The van der Waals surface area contributed by atoms with Crippen molar-refractivity contribution in [3.8, 4) is 0 Å². The van der Waals surface area contributed by atoms with Gasteiger partial charge in [0.05, 0.1) is 5.56 Å². The maximum absolute atomic E-state index is 13.5. The fourth-order valence-electron chi connectivity index (χ4n) is 3.74. The minimum atomic E-state index is -0.239. The summed E-state index contributed by atoms with van der Waals surface area (Å²) >= 11 is 0. The SMILES string of the molecule is CCc1c(C)[nH]c(=O)c(N(C)C)c1C(=O)c1cccc(/C=C\Cc2ccccc2)c1. The van der Waals surface area contributed by atoms with Gasteiger partial charge in [-0.05, 0) is 42.5 Å². The molecule has 1 aromatic heterocycles. The van der Waals surface area contributed by atoms with E-state index in [9.17, 15) is 9.59 Å². The number of ketones is 1. The molecule has 1 heterocycles. The summed E-state index contributed by atoms with van der Waals surface area (Å²) in [7, 11) is 3.58. The number of aromatic nitrogens is 1. The number of rotatable bonds is 7. The highest BCUT2D eigenvalue weighted by molar-refractivity contribution is 6.13. The molecule has 0 saturated carbocycles. The van der Waals surface area contributed by atoms with Crippen LogP contribution in [0.4, 0.5) is 5.69 Å². The van der Waals surface area contributed by atoms with Gasteiger partial charge in [0.25, 0.3) is 5.56 Å². The van der Waals surface area contributed by atoms with Crippen LogP contribution < -0.4 is 10.5 Å². The van der Waals surface area contributed by atoms with E-state index in [0.717, 1.165) is 23.2 Å². The number of nitrogens with zero attached hydrogens (tertiary/aromatic N) is 1. The molecule has 4 heteroatoms. The lowest BCUT2D eigenvalue weighted by atomic mass is 9.93. The fourth-order valence-corrected chi connectivity index (χ4v) is 3.74. The normalized spacial score (nSPS) is 11.1. The van der Waals surface area contributed by atoms with Gasteiger partial charge in [-0.1, -0.05) is 67.6 Å². The Labute approximate surface area is 177 Å². The van der Waals surface area contributed by atoms with E-state index in [2.05, 4.69) is 23.2 Å². The summed E-state index contributed by atoms with van der Waals surface area (Å²) in [6.45, 7) is 3.85. The van der Waals surface area contributed by atoms with Crippen molar-refractivity contribution >= 4 is 17.5 Å². The van der Waals surface area contributed by atoms with E-state index in [1.54, 1.807) is 19.0 Å². The highest BCUT2D eigenvalue weighted by atomic mass is 16.1. The Morgan fingerprint density at radius 2 is 1.80 bits per heavy atom. The van der Waals surface area contributed by atoms with E-state index in [0.29, 0.717) is 23.2 Å². The average Bonchev–Trinajstić information content (AvgIpc) is 2.73. The number of hydrogen-bond donors (Lipinski definition) is 1. The molecule has 0 amide bonds. The number of anilines is 1. The summed E-state index contributed by atoms with van der Waals surface area (Å²) in [6.07, 6.45) is 5.62. The lowest BCUT2D eigenvalue weighted by Crippen LogP contribution is -2.27. The average molecular weight is 401 g/mol. The quantitative estimate of drug-likeness (QED) is 0.580. The zero-order valence-electron chi connectivity index (χ0n) is 18.0. The van der Waals surface area contributed by atoms with E-state index in [1.165, 1.54) is 5.56 Å². The van der Waals surface area contributed by atoms with Gasteiger partial charge in [-0.15, -0.1) is 0 Å². The van der Waals surface area contributed by atoms with E-state index in [4.69, 9.17) is 0 Å². The van der Waals surface area contributed by atoms with Crippen LogP contribution in [0.1, 0.15) is 45.2 Å². The van der Waals surface area contributed by atoms with Crippen molar-refractivity contribution in [2.75, 3.05) is 19.0 Å². The zero-order chi connectivity index (χ0) is 21.7. The van der Waals surface area contributed by atoms with Crippen LogP contribution in [0.25, 0.3) is 6.08 Å². The lowest BCUT2D eigenvalue weighted by Gasteiger charge is -2.20. The number of aromatic amines is 1. The van der Waals surface area contributed by atoms with Crippen LogP contribution in [0.15, 0.2) is 65.5 Å². The predicted octanol–water partition coefficient (Wildman–Crippen LogP) is 4.80. The summed E-state index contributed by atoms with van der Waals surface area (Å²) in [5.74, 6) is -0.122. The Morgan fingerprint density at radius 1 is 1.07 bits per heavy atom. The number of H-pyrrole nitrogens is 1. The molecule has 0 saturated heterocycles. The molecule has 0 aliphatic rings. The Morgan fingerprint density at radius 3 is 2.47 bits per heavy atom. The number of carbonyl (C=O) groups is 1. The number of pyridine rings is 1. The van der Waals surface area contributed by atoms with Crippen LogP contribution in [-0.2, 0) is 12.8 Å². The van der Waals surface area contributed by atoms with Crippen LogP contribution >= 0.6 is 0 Å². The zero-order valence-corrected chi connectivity index (χ0v) is 18.0. The third-order valence-corrected chi connectivity index (χ3v) is 5.19. The van der Waals surface area contributed by atoms with Gasteiger partial charge in [0.2, 0.25) is 0 Å². The molecule has 0 unspecified atom stereocenters.